The van der Waals surface area contributed by atoms with Crippen LogP contribution in [-0.4, -0.2) is 67.2 Å². The number of amides is 2. The van der Waals surface area contributed by atoms with Gasteiger partial charge in [0.2, 0.25) is 0 Å². The number of urea groups is 1. The highest BCUT2D eigenvalue weighted by Crippen LogP contribution is 2.20. The average Bonchev–Trinajstić information content (AvgIpc) is 2.44. The number of rotatable bonds is 3. The van der Waals surface area contributed by atoms with Gasteiger partial charge in [0.05, 0.1) is 6.61 Å². The Balaban J connectivity index is 1.75. The fourth-order valence-electron chi connectivity index (χ4n) is 2.81. The maximum absolute atomic E-state index is 12.0. The second-order valence-electron chi connectivity index (χ2n) is 5.10. The Bertz CT molecular complexity index is 335. The second kappa shape index (κ2) is 6.75. The van der Waals surface area contributed by atoms with Crippen LogP contribution in [0.2, 0.25) is 0 Å². The van der Waals surface area contributed by atoms with Gasteiger partial charge in [0.1, 0.15) is 6.54 Å². The maximum atomic E-state index is 12.0. The van der Waals surface area contributed by atoms with E-state index in [-0.39, 0.29) is 18.5 Å². The zero-order valence-electron chi connectivity index (χ0n) is 11.6. The standard InChI is InChI=1S/C13H23N3O3/c1-2-19-12(17)9-14-13(18)16-8-7-15-6-4-3-5-11(15)10-16/h11H,2-10H2,1H3,(H,14,18). The van der Waals surface area contributed by atoms with E-state index in [9.17, 15) is 9.59 Å². The molecule has 2 saturated heterocycles. The number of carbonyl (C=O) groups excluding carboxylic acids is 2. The molecule has 19 heavy (non-hydrogen) atoms. The minimum atomic E-state index is -0.382. The van der Waals surface area contributed by atoms with Crippen LogP contribution in [0.5, 0.6) is 0 Å². The fourth-order valence-corrected chi connectivity index (χ4v) is 2.81. The monoisotopic (exact) mass is 269 g/mol. The summed E-state index contributed by atoms with van der Waals surface area (Å²) in [6.45, 7) is 5.66. The first kappa shape index (κ1) is 14.1. The van der Waals surface area contributed by atoms with Crippen molar-refractivity contribution in [1.82, 2.24) is 15.1 Å². The van der Waals surface area contributed by atoms with Crippen LogP contribution in [0.3, 0.4) is 0 Å². The summed E-state index contributed by atoms with van der Waals surface area (Å²) >= 11 is 0. The molecule has 1 N–H and O–H groups in total. The van der Waals surface area contributed by atoms with E-state index < -0.39 is 0 Å². The highest BCUT2D eigenvalue weighted by Gasteiger charge is 2.30. The van der Waals surface area contributed by atoms with Crippen molar-refractivity contribution >= 4 is 12.0 Å². The van der Waals surface area contributed by atoms with E-state index in [1.165, 1.54) is 19.3 Å². The van der Waals surface area contributed by atoms with Crippen LogP contribution in [0.1, 0.15) is 26.2 Å². The van der Waals surface area contributed by atoms with Gasteiger partial charge in [-0.2, -0.15) is 0 Å². The summed E-state index contributed by atoms with van der Waals surface area (Å²) in [5, 5.41) is 2.63. The largest absolute Gasteiger partial charge is 0.465 e. The summed E-state index contributed by atoms with van der Waals surface area (Å²) in [4.78, 5) is 27.4. The molecule has 0 aliphatic carbocycles. The van der Waals surface area contributed by atoms with E-state index in [0.29, 0.717) is 12.6 Å². The molecule has 0 aromatic carbocycles. The van der Waals surface area contributed by atoms with Crippen molar-refractivity contribution in [3.8, 4) is 0 Å². The number of nitrogens with zero attached hydrogens (tertiary/aromatic N) is 2. The van der Waals surface area contributed by atoms with Crippen LogP contribution in [0, 0.1) is 0 Å². The average molecular weight is 269 g/mol. The predicted molar refractivity (Wildman–Crippen MR) is 70.8 cm³/mol. The van der Waals surface area contributed by atoms with Crippen molar-refractivity contribution in [1.29, 1.82) is 0 Å². The van der Waals surface area contributed by atoms with Crippen molar-refractivity contribution < 1.29 is 14.3 Å². The predicted octanol–water partition coefficient (Wildman–Crippen LogP) is 0.429. The zero-order chi connectivity index (χ0) is 13.7. The van der Waals surface area contributed by atoms with Crippen LogP contribution in [-0.2, 0) is 9.53 Å². The van der Waals surface area contributed by atoms with Crippen molar-refractivity contribution in [3.05, 3.63) is 0 Å². The molecule has 1 unspecified atom stereocenters. The Morgan fingerprint density at radius 1 is 1.26 bits per heavy atom. The third kappa shape index (κ3) is 3.83. The molecule has 2 amide bonds. The Hall–Kier alpha value is -1.30. The normalized spacial score (nSPS) is 23.6. The lowest BCUT2D eigenvalue weighted by molar-refractivity contribution is -0.141. The summed E-state index contributed by atoms with van der Waals surface area (Å²) in [7, 11) is 0. The molecular formula is C13H23N3O3. The van der Waals surface area contributed by atoms with Gasteiger partial charge in [-0.15, -0.1) is 0 Å². The van der Waals surface area contributed by atoms with Crippen LogP contribution in [0.15, 0.2) is 0 Å². The lowest BCUT2D eigenvalue weighted by Crippen LogP contribution is -2.58. The van der Waals surface area contributed by atoms with E-state index in [1.807, 2.05) is 4.90 Å². The highest BCUT2D eigenvalue weighted by atomic mass is 16.5. The smallest absolute Gasteiger partial charge is 0.325 e. The van der Waals surface area contributed by atoms with Crippen LogP contribution in [0.4, 0.5) is 4.79 Å². The first-order valence-electron chi connectivity index (χ1n) is 7.13. The number of piperazine rings is 1. The number of nitrogens with one attached hydrogen (secondary N) is 1. The van der Waals surface area contributed by atoms with Gasteiger partial charge >= 0.3 is 12.0 Å². The molecule has 0 bridgehead atoms. The van der Waals surface area contributed by atoms with Gasteiger partial charge in [-0.1, -0.05) is 6.42 Å². The number of carbonyl (C=O) groups is 2. The topological polar surface area (TPSA) is 61.9 Å². The number of esters is 1. The number of fused-ring (bicyclic) bond motifs is 1. The Morgan fingerprint density at radius 3 is 2.89 bits per heavy atom. The first-order valence-corrected chi connectivity index (χ1v) is 7.13. The third-order valence-electron chi connectivity index (χ3n) is 3.81. The molecule has 1 atom stereocenters. The lowest BCUT2D eigenvalue weighted by atomic mass is 10.00. The summed E-state index contributed by atoms with van der Waals surface area (Å²) in [6, 6.07) is 0.342. The molecule has 0 spiro atoms. The molecule has 6 heteroatoms. The molecule has 2 heterocycles. The molecule has 2 fully saturated rings. The molecule has 6 nitrogen and oxygen atoms in total. The third-order valence-corrected chi connectivity index (χ3v) is 3.81. The Morgan fingerprint density at radius 2 is 2.11 bits per heavy atom. The first-order chi connectivity index (χ1) is 9.20. The fraction of sp³-hybridized carbons (Fsp3) is 0.846. The van der Waals surface area contributed by atoms with Crippen LogP contribution in [0.25, 0.3) is 0 Å². The molecule has 0 aromatic heterocycles. The molecule has 108 valence electrons. The van der Waals surface area contributed by atoms with Crippen molar-refractivity contribution in [2.45, 2.75) is 32.2 Å². The van der Waals surface area contributed by atoms with Gasteiger partial charge in [0, 0.05) is 25.7 Å². The summed E-state index contributed by atoms with van der Waals surface area (Å²) in [5.74, 6) is -0.382. The minimum Gasteiger partial charge on any atom is -0.465 e. The number of hydrogen-bond acceptors (Lipinski definition) is 4. The SMILES string of the molecule is CCOC(=O)CNC(=O)N1CCN2CCCCC2C1. The summed E-state index contributed by atoms with van der Waals surface area (Å²) < 4.78 is 4.79. The molecular weight excluding hydrogens is 246 g/mol. The second-order valence-corrected chi connectivity index (χ2v) is 5.10. The van der Waals surface area contributed by atoms with E-state index in [1.54, 1.807) is 6.92 Å². The van der Waals surface area contributed by atoms with Gasteiger partial charge in [-0.25, -0.2) is 4.79 Å². The van der Waals surface area contributed by atoms with Gasteiger partial charge in [0.15, 0.2) is 0 Å². The number of ether oxygens (including phenoxy) is 1. The van der Waals surface area contributed by atoms with Crippen LogP contribution < -0.4 is 5.32 Å². The molecule has 0 saturated carbocycles. The quantitative estimate of drug-likeness (QED) is 0.755. The maximum Gasteiger partial charge on any atom is 0.325 e. The lowest BCUT2D eigenvalue weighted by Gasteiger charge is -2.43. The Labute approximate surface area is 114 Å². The molecule has 0 radical (unpaired) electrons. The van der Waals surface area contributed by atoms with Gasteiger partial charge < -0.3 is 15.0 Å². The van der Waals surface area contributed by atoms with Gasteiger partial charge in [0.25, 0.3) is 0 Å². The van der Waals surface area contributed by atoms with E-state index in [4.69, 9.17) is 4.74 Å². The summed E-state index contributed by atoms with van der Waals surface area (Å²) in [5.41, 5.74) is 0. The van der Waals surface area contributed by atoms with E-state index in [2.05, 4.69) is 10.2 Å². The molecule has 2 aliphatic heterocycles. The van der Waals surface area contributed by atoms with Crippen molar-refractivity contribution in [2.75, 3.05) is 39.3 Å². The van der Waals surface area contributed by atoms with Crippen LogP contribution >= 0.6 is 0 Å². The van der Waals surface area contributed by atoms with Crippen molar-refractivity contribution in [3.63, 3.8) is 0 Å². The number of hydrogen-bond donors (Lipinski definition) is 1. The minimum absolute atomic E-state index is 0.0441. The zero-order valence-corrected chi connectivity index (χ0v) is 11.6. The number of piperidine rings is 1. The summed E-state index contributed by atoms with van der Waals surface area (Å²) in [6.07, 6.45) is 3.69. The highest BCUT2D eigenvalue weighted by molar-refractivity contribution is 5.80. The molecule has 2 aliphatic rings. The van der Waals surface area contributed by atoms with Gasteiger partial charge in [-0.05, 0) is 26.3 Å². The van der Waals surface area contributed by atoms with Crippen molar-refractivity contribution in [2.24, 2.45) is 0 Å². The van der Waals surface area contributed by atoms with E-state index >= 15 is 0 Å². The van der Waals surface area contributed by atoms with Gasteiger partial charge in [-0.3, -0.25) is 9.69 Å². The Kier molecular flexibility index (Phi) is 5.01. The molecule has 2 rings (SSSR count). The van der Waals surface area contributed by atoms with E-state index in [0.717, 1.165) is 26.2 Å². The molecule has 0 aromatic rings.